The van der Waals surface area contributed by atoms with Gasteiger partial charge in [-0.05, 0) is 26.7 Å². The van der Waals surface area contributed by atoms with Gasteiger partial charge in [0.1, 0.15) is 0 Å². The Morgan fingerprint density at radius 2 is 1.94 bits per heavy atom. The van der Waals surface area contributed by atoms with Gasteiger partial charge in [-0.15, -0.1) is 0 Å². The van der Waals surface area contributed by atoms with Gasteiger partial charge in [-0.1, -0.05) is 19.3 Å². The molecule has 0 amide bonds. The maximum absolute atomic E-state index is 5.98. The van der Waals surface area contributed by atoms with Crippen molar-refractivity contribution in [1.82, 2.24) is 4.90 Å². The van der Waals surface area contributed by atoms with Gasteiger partial charge in [0.25, 0.3) is 0 Å². The molecule has 2 fully saturated rings. The van der Waals surface area contributed by atoms with Crippen LogP contribution in [0.4, 0.5) is 0 Å². The van der Waals surface area contributed by atoms with E-state index in [0.717, 1.165) is 19.1 Å². The van der Waals surface area contributed by atoms with Crippen LogP contribution in [-0.2, 0) is 4.74 Å². The number of nitrogens with zero attached hydrogens (tertiary/aromatic N) is 1. The van der Waals surface area contributed by atoms with Gasteiger partial charge in [0, 0.05) is 25.7 Å². The molecular weight excluding hydrogens is 200 g/mol. The molecule has 1 saturated heterocycles. The third kappa shape index (κ3) is 2.96. The average molecular weight is 226 g/mol. The molecule has 1 unspecified atom stereocenters. The summed E-state index contributed by atoms with van der Waals surface area (Å²) in [6.45, 7) is 7.11. The van der Waals surface area contributed by atoms with Crippen LogP contribution in [0, 0.1) is 0 Å². The number of morpholine rings is 1. The summed E-state index contributed by atoms with van der Waals surface area (Å²) in [5, 5.41) is 0. The zero-order chi connectivity index (χ0) is 11.6. The van der Waals surface area contributed by atoms with Crippen LogP contribution in [-0.4, -0.2) is 42.3 Å². The van der Waals surface area contributed by atoms with Gasteiger partial charge in [0.05, 0.1) is 11.7 Å². The monoisotopic (exact) mass is 226 g/mol. The lowest BCUT2D eigenvalue weighted by Crippen LogP contribution is -2.57. The molecule has 0 radical (unpaired) electrons. The smallest absolute Gasteiger partial charge is 0.0831 e. The van der Waals surface area contributed by atoms with Crippen LogP contribution in [0.1, 0.15) is 46.0 Å². The molecule has 0 aromatic heterocycles. The molecule has 1 aliphatic heterocycles. The molecule has 3 nitrogen and oxygen atoms in total. The summed E-state index contributed by atoms with van der Waals surface area (Å²) in [4.78, 5) is 2.63. The summed E-state index contributed by atoms with van der Waals surface area (Å²) >= 11 is 0. The first-order chi connectivity index (χ1) is 7.61. The van der Waals surface area contributed by atoms with E-state index in [-0.39, 0.29) is 11.7 Å². The van der Waals surface area contributed by atoms with Crippen molar-refractivity contribution in [2.75, 3.05) is 19.6 Å². The minimum Gasteiger partial charge on any atom is -0.368 e. The molecule has 2 N–H and O–H groups in total. The van der Waals surface area contributed by atoms with E-state index >= 15 is 0 Å². The van der Waals surface area contributed by atoms with Gasteiger partial charge in [-0.25, -0.2) is 0 Å². The zero-order valence-electron chi connectivity index (χ0n) is 10.7. The second-order valence-electron chi connectivity index (χ2n) is 5.96. The van der Waals surface area contributed by atoms with Gasteiger partial charge in [0.15, 0.2) is 0 Å². The molecule has 1 saturated carbocycles. The summed E-state index contributed by atoms with van der Waals surface area (Å²) in [5.41, 5.74) is 5.74. The topological polar surface area (TPSA) is 38.5 Å². The molecule has 1 aliphatic carbocycles. The number of hydrogen-bond acceptors (Lipinski definition) is 3. The van der Waals surface area contributed by atoms with E-state index in [1.54, 1.807) is 0 Å². The van der Waals surface area contributed by atoms with Crippen molar-refractivity contribution in [3.63, 3.8) is 0 Å². The first-order valence-corrected chi connectivity index (χ1v) is 6.73. The summed E-state index contributed by atoms with van der Waals surface area (Å²) in [6, 6.07) is 0.783. The Balaban J connectivity index is 1.97. The predicted molar refractivity (Wildman–Crippen MR) is 66.5 cm³/mol. The highest BCUT2D eigenvalue weighted by Gasteiger charge is 2.35. The van der Waals surface area contributed by atoms with Crippen molar-refractivity contribution in [2.45, 2.75) is 63.7 Å². The largest absolute Gasteiger partial charge is 0.368 e. The normalized spacial score (nSPS) is 32.8. The van der Waals surface area contributed by atoms with E-state index in [4.69, 9.17) is 10.5 Å². The first-order valence-electron chi connectivity index (χ1n) is 6.73. The molecule has 2 aliphatic rings. The van der Waals surface area contributed by atoms with Crippen molar-refractivity contribution >= 4 is 0 Å². The third-order valence-electron chi connectivity index (χ3n) is 3.86. The summed E-state index contributed by atoms with van der Waals surface area (Å²) in [6.07, 6.45) is 7.18. The molecule has 1 atom stereocenters. The van der Waals surface area contributed by atoms with Gasteiger partial charge >= 0.3 is 0 Å². The lowest BCUT2D eigenvalue weighted by atomic mass is 9.92. The maximum Gasteiger partial charge on any atom is 0.0831 e. The number of ether oxygens (including phenoxy) is 1. The van der Waals surface area contributed by atoms with Crippen molar-refractivity contribution in [3.05, 3.63) is 0 Å². The Bertz CT molecular complexity index is 224. The highest BCUT2D eigenvalue weighted by atomic mass is 16.5. The number of hydrogen-bond donors (Lipinski definition) is 1. The van der Waals surface area contributed by atoms with Crippen LogP contribution < -0.4 is 5.73 Å². The molecule has 3 heteroatoms. The Kier molecular flexibility index (Phi) is 3.88. The fourth-order valence-electron chi connectivity index (χ4n) is 3.19. The second-order valence-corrected chi connectivity index (χ2v) is 5.96. The molecule has 0 aromatic rings. The standard InChI is InChI=1S/C13H26N2O/c1-13(2)10-15(9-12(8-14)16-13)11-6-4-3-5-7-11/h11-12H,3-10,14H2,1-2H3. The fourth-order valence-corrected chi connectivity index (χ4v) is 3.19. The second kappa shape index (κ2) is 5.03. The Morgan fingerprint density at radius 1 is 1.25 bits per heavy atom. The molecule has 1 heterocycles. The molecular formula is C13H26N2O. The molecule has 16 heavy (non-hydrogen) atoms. The Hall–Kier alpha value is -0.120. The maximum atomic E-state index is 5.98. The van der Waals surface area contributed by atoms with Crippen LogP contribution in [0.15, 0.2) is 0 Å². The Labute approximate surface area is 99.3 Å². The SMILES string of the molecule is CC1(C)CN(C2CCCCC2)CC(CN)O1. The van der Waals surface area contributed by atoms with Crippen LogP contribution in [0.5, 0.6) is 0 Å². The van der Waals surface area contributed by atoms with Gasteiger partial charge in [-0.2, -0.15) is 0 Å². The lowest BCUT2D eigenvalue weighted by Gasteiger charge is -2.46. The fraction of sp³-hybridized carbons (Fsp3) is 1.00. The van der Waals surface area contributed by atoms with E-state index in [9.17, 15) is 0 Å². The van der Waals surface area contributed by atoms with Crippen LogP contribution >= 0.6 is 0 Å². The van der Waals surface area contributed by atoms with E-state index in [0.29, 0.717) is 6.54 Å². The summed E-state index contributed by atoms with van der Waals surface area (Å²) in [7, 11) is 0. The van der Waals surface area contributed by atoms with E-state index in [1.807, 2.05) is 0 Å². The molecule has 0 spiro atoms. The van der Waals surface area contributed by atoms with Crippen LogP contribution in [0.2, 0.25) is 0 Å². The van der Waals surface area contributed by atoms with Crippen molar-refractivity contribution in [2.24, 2.45) is 5.73 Å². The third-order valence-corrected chi connectivity index (χ3v) is 3.86. The van der Waals surface area contributed by atoms with Gasteiger partial charge < -0.3 is 10.5 Å². The first kappa shape index (κ1) is 12.3. The quantitative estimate of drug-likeness (QED) is 0.779. The molecule has 94 valence electrons. The Morgan fingerprint density at radius 3 is 2.56 bits per heavy atom. The van der Waals surface area contributed by atoms with Crippen molar-refractivity contribution < 1.29 is 4.74 Å². The van der Waals surface area contributed by atoms with Gasteiger partial charge in [-0.3, -0.25) is 4.90 Å². The summed E-state index contributed by atoms with van der Waals surface area (Å²) in [5.74, 6) is 0. The average Bonchev–Trinajstić information content (AvgIpc) is 2.28. The van der Waals surface area contributed by atoms with E-state index < -0.39 is 0 Å². The van der Waals surface area contributed by atoms with Gasteiger partial charge in [0.2, 0.25) is 0 Å². The summed E-state index contributed by atoms with van der Waals surface area (Å²) < 4.78 is 5.98. The van der Waals surface area contributed by atoms with E-state index in [2.05, 4.69) is 18.7 Å². The number of nitrogens with two attached hydrogens (primary N) is 1. The van der Waals surface area contributed by atoms with Crippen LogP contribution in [0.3, 0.4) is 0 Å². The highest BCUT2D eigenvalue weighted by Crippen LogP contribution is 2.28. The van der Waals surface area contributed by atoms with Crippen molar-refractivity contribution in [3.8, 4) is 0 Å². The molecule has 0 aromatic carbocycles. The minimum absolute atomic E-state index is 0.0280. The minimum atomic E-state index is -0.0280. The number of rotatable bonds is 2. The van der Waals surface area contributed by atoms with Crippen LogP contribution in [0.25, 0.3) is 0 Å². The lowest BCUT2D eigenvalue weighted by molar-refractivity contribution is -0.143. The molecule has 0 bridgehead atoms. The van der Waals surface area contributed by atoms with E-state index in [1.165, 1.54) is 32.1 Å². The predicted octanol–water partition coefficient (Wildman–Crippen LogP) is 1.76. The molecule has 2 rings (SSSR count). The zero-order valence-corrected chi connectivity index (χ0v) is 10.7. The van der Waals surface area contributed by atoms with Crippen molar-refractivity contribution in [1.29, 1.82) is 0 Å². The highest BCUT2D eigenvalue weighted by molar-refractivity contribution is 4.88.